The number of rotatable bonds is 6. The van der Waals surface area contributed by atoms with Crippen LogP contribution in [-0.4, -0.2) is 21.4 Å². The molecular formula is C26H23FN2O3S2. The molecule has 0 radical (unpaired) electrons. The molecule has 0 aliphatic rings. The molecule has 0 bridgehead atoms. The highest BCUT2D eigenvalue weighted by atomic mass is 32.2. The lowest BCUT2D eigenvalue weighted by atomic mass is 10.1. The Kier molecular flexibility index (Phi) is 6.54. The zero-order chi connectivity index (χ0) is 24.5. The van der Waals surface area contributed by atoms with Gasteiger partial charge in [-0.2, -0.15) is 0 Å². The molecule has 1 heterocycles. The molecule has 5 nitrogen and oxygen atoms in total. The molecule has 0 atom stereocenters. The normalized spacial score (nSPS) is 11.3. The molecule has 0 saturated heterocycles. The summed E-state index contributed by atoms with van der Waals surface area (Å²) in [5.74, 6) is -0.980. The second-order valence-electron chi connectivity index (χ2n) is 7.95. The van der Waals surface area contributed by atoms with Gasteiger partial charge in [0.2, 0.25) is 0 Å². The summed E-state index contributed by atoms with van der Waals surface area (Å²) in [4.78, 5) is 13.3. The lowest BCUT2D eigenvalue weighted by molar-refractivity contribution is 0.102. The molecule has 1 aromatic heterocycles. The van der Waals surface area contributed by atoms with E-state index in [2.05, 4.69) is 5.32 Å². The lowest BCUT2D eigenvalue weighted by Gasteiger charge is -2.21. The first-order valence-corrected chi connectivity index (χ1v) is 12.8. The molecule has 0 unspecified atom stereocenters. The predicted molar refractivity (Wildman–Crippen MR) is 136 cm³/mol. The van der Waals surface area contributed by atoms with E-state index in [0.29, 0.717) is 16.8 Å². The Hall–Kier alpha value is -3.49. The zero-order valence-corrected chi connectivity index (χ0v) is 20.5. The fourth-order valence-electron chi connectivity index (χ4n) is 3.74. The molecule has 34 heavy (non-hydrogen) atoms. The number of sulfonamides is 1. The summed E-state index contributed by atoms with van der Waals surface area (Å²) < 4.78 is 42.1. The van der Waals surface area contributed by atoms with Crippen LogP contribution in [0.2, 0.25) is 0 Å². The minimum atomic E-state index is -4.16. The molecule has 0 spiro atoms. The van der Waals surface area contributed by atoms with Crippen LogP contribution in [-0.2, 0) is 10.0 Å². The average molecular weight is 495 g/mol. The number of thiophene rings is 1. The number of nitrogens with one attached hydrogen (secondary N) is 1. The fourth-order valence-corrected chi connectivity index (χ4v) is 6.59. The minimum Gasteiger partial charge on any atom is -0.321 e. The average Bonchev–Trinajstić information content (AvgIpc) is 3.25. The third-order valence-corrected chi connectivity index (χ3v) is 8.30. The summed E-state index contributed by atoms with van der Waals surface area (Å²) in [6, 6.07) is 19.9. The van der Waals surface area contributed by atoms with Crippen molar-refractivity contribution >= 4 is 38.6 Å². The van der Waals surface area contributed by atoms with E-state index < -0.39 is 21.7 Å². The molecule has 1 N–H and O–H groups in total. The van der Waals surface area contributed by atoms with Gasteiger partial charge in [-0.15, -0.1) is 11.3 Å². The third-order valence-electron chi connectivity index (χ3n) is 5.32. The fraction of sp³-hybridized carbons (Fsp3) is 0.115. The van der Waals surface area contributed by atoms with Gasteiger partial charge in [0.05, 0.1) is 5.69 Å². The van der Waals surface area contributed by atoms with Crippen molar-refractivity contribution in [1.82, 2.24) is 0 Å². The van der Waals surface area contributed by atoms with Gasteiger partial charge in [-0.05, 0) is 66.9 Å². The molecule has 0 aliphatic carbocycles. The van der Waals surface area contributed by atoms with Crippen molar-refractivity contribution in [3.63, 3.8) is 0 Å². The van der Waals surface area contributed by atoms with Crippen LogP contribution in [0.15, 0.2) is 83.1 Å². The maximum absolute atomic E-state index is 13.8. The quantitative estimate of drug-likeness (QED) is 0.345. The van der Waals surface area contributed by atoms with Gasteiger partial charge in [0.1, 0.15) is 15.6 Å². The summed E-state index contributed by atoms with van der Waals surface area (Å²) in [5, 5.41) is 4.52. The van der Waals surface area contributed by atoms with E-state index in [1.54, 1.807) is 17.5 Å². The third kappa shape index (κ3) is 4.73. The summed E-state index contributed by atoms with van der Waals surface area (Å²) in [5.41, 5.74) is 3.95. The Bertz CT molecular complexity index is 1430. The Morgan fingerprint density at radius 3 is 2.18 bits per heavy atom. The van der Waals surface area contributed by atoms with E-state index in [1.165, 1.54) is 31.3 Å². The van der Waals surface area contributed by atoms with Crippen molar-refractivity contribution < 1.29 is 17.6 Å². The number of carbonyl (C=O) groups is 1. The molecule has 1 amide bonds. The second-order valence-corrected chi connectivity index (χ2v) is 10.7. The number of hydrogen-bond acceptors (Lipinski definition) is 4. The van der Waals surface area contributed by atoms with E-state index in [4.69, 9.17) is 0 Å². The molecule has 3 aromatic carbocycles. The van der Waals surface area contributed by atoms with E-state index in [0.717, 1.165) is 26.8 Å². The molecular weight excluding hydrogens is 471 g/mol. The van der Waals surface area contributed by atoms with Crippen LogP contribution in [0, 0.1) is 19.7 Å². The molecule has 4 rings (SSSR count). The number of carbonyl (C=O) groups excluding carboxylic acids is 1. The molecule has 0 fully saturated rings. The van der Waals surface area contributed by atoms with Gasteiger partial charge in [-0.3, -0.25) is 9.10 Å². The molecule has 0 saturated carbocycles. The van der Waals surface area contributed by atoms with Crippen molar-refractivity contribution in [3.05, 3.63) is 100.0 Å². The van der Waals surface area contributed by atoms with Crippen molar-refractivity contribution in [3.8, 4) is 11.1 Å². The Balaban J connectivity index is 1.83. The van der Waals surface area contributed by atoms with E-state index in [9.17, 15) is 17.6 Å². The van der Waals surface area contributed by atoms with Gasteiger partial charge in [-0.1, -0.05) is 36.4 Å². The first kappa shape index (κ1) is 23.7. The first-order chi connectivity index (χ1) is 16.2. The van der Waals surface area contributed by atoms with Crippen LogP contribution in [0.3, 0.4) is 0 Å². The van der Waals surface area contributed by atoms with Crippen LogP contribution in [0.25, 0.3) is 11.1 Å². The van der Waals surface area contributed by atoms with Gasteiger partial charge in [-0.25, -0.2) is 12.8 Å². The van der Waals surface area contributed by atoms with Crippen molar-refractivity contribution in [2.24, 2.45) is 0 Å². The largest absolute Gasteiger partial charge is 0.321 e. The Morgan fingerprint density at radius 1 is 0.941 bits per heavy atom. The monoisotopic (exact) mass is 494 g/mol. The molecule has 4 aromatic rings. The molecule has 0 aliphatic heterocycles. The highest BCUT2D eigenvalue weighted by Gasteiger charge is 2.32. The van der Waals surface area contributed by atoms with E-state index in [1.807, 2.05) is 50.2 Å². The van der Waals surface area contributed by atoms with E-state index in [-0.39, 0.29) is 15.5 Å². The number of benzene rings is 3. The van der Waals surface area contributed by atoms with Crippen LogP contribution in [0.1, 0.15) is 20.8 Å². The summed E-state index contributed by atoms with van der Waals surface area (Å²) >= 11 is 1.07. The van der Waals surface area contributed by atoms with E-state index >= 15 is 0 Å². The van der Waals surface area contributed by atoms with Crippen LogP contribution < -0.4 is 9.62 Å². The Morgan fingerprint density at radius 2 is 1.56 bits per heavy atom. The summed E-state index contributed by atoms with van der Waals surface area (Å²) in [7, 11) is -2.77. The summed E-state index contributed by atoms with van der Waals surface area (Å²) in [6.45, 7) is 3.85. The number of halogens is 1. The van der Waals surface area contributed by atoms with Gasteiger partial charge >= 0.3 is 0 Å². The number of amides is 1. The number of nitrogens with zero attached hydrogens (tertiary/aromatic N) is 1. The SMILES string of the molecule is Cc1cc(C)cc(NC(=O)c2scc(-c3ccccc3)c2S(=O)(=O)N(C)c2ccc(F)cc2)c1. The predicted octanol–water partition coefficient (Wildman–Crippen LogP) is 6.25. The topological polar surface area (TPSA) is 66.5 Å². The Labute approximate surface area is 202 Å². The van der Waals surface area contributed by atoms with Crippen molar-refractivity contribution in [2.45, 2.75) is 18.7 Å². The maximum atomic E-state index is 13.8. The van der Waals surface area contributed by atoms with Gasteiger partial charge < -0.3 is 5.32 Å². The van der Waals surface area contributed by atoms with Gasteiger partial charge in [0.15, 0.2) is 0 Å². The molecule has 8 heteroatoms. The van der Waals surface area contributed by atoms with Crippen LogP contribution in [0.5, 0.6) is 0 Å². The van der Waals surface area contributed by atoms with Crippen molar-refractivity contribution in [1.29, 1.82) is 0 Å². The van der Waals surface area contributed by atoms with Gasteiger partial charge in [0.25, 0.3) is 15.9 Å². The summed E-state index contributed by atoms with van der Waals surface area (Å²) in [6.07, 6.45) is 0. The van der Waals surface area contributed by atoms with Crippen LogP contribution in [0.4, 0.5) is 15.8 Å². The maximum Gasteiger partial charge on any atom is 0.267 e. The lowest BCUT2D eigenvalue weighted by Crippen LogP contribution is -2.28. The van der Waals surface area contributed by atoms with Crippen LogP contribution >= 0.6 is 11.3 Å². The molecule has 174 valence electrons. The number of aryl methyl sites for hydroxylation is 2. The van der Waals surface area contributed by atoms with Gasteiger partial charge in [0, 0.05) is 23.7 Å². The second kappa shape index (κ2) is 9.40. The minimum absolute atomic E-state index is 0.0759. The number of anilines is 2. The smallest absolute Gasteiger partial charge is 0.267 e. The standard InChI is InChI=1S/C26H23FN2O3S2/c1-17-13-18(2)15-21(14-17)28-26(30)24-25(23(16-33-24)19-7-5-4-6-8-19)34(31,32)29(3)22-11-9-20(27)10-12-22/h4-16H,1-3H3,(H,28,30). The first-order valence-electron chi connectivity index (χ1n) is 10.5. The van der Waals surface area contributed by atoms with Crippen molar-refractivity contribution in [2.75, 3.05) is 16.7 Å². The number of hydrogen-bond donors (Lipinski definition) is 1. The zero-order valence-electron chi connectivity index (χ0n) is 18.9. The highest BCUT2D eigenvalue weighted by Crippen LogP contribution is 2.38. The highest BCUT2D eigenvalue weighted by molar-refractivity contribution is 7.93.